The second-order valence-electron chi connectivity index (χ2n) is 16.1. The SMILES string of the molecule is C=C(C)c1c([C@H]2C[C@@H]3CC[C@@H](C3)C2)nc2c(-c3ccc(C#CCO)nc3)cnn2c1N(COCC[Si](C)(C)C)COCC[Si](C)(C)C. The lowest BCUT2D eigenvalue weighted by molar-refractivity contribution is 0.0941. The normalized spacial score (nSPS) is 19.5. The summed E-state index contributed by atoms with van der Waals surface area (Å²) in [6.45, 7) is 23.0. The largest absolute Gasteiger partial charge is 0.384 e. The molecule has 0 aromatic carbocycles. The number of rotatable bonds is 14. The summed E-state index contributed by atoms with van der Waals surface area (Å²) < 4.78 is 14.8. The highest BCUT2D eigenvalue weighted by molar-refractivity contribution is 6.76. The minimum absolute atomic E-state index is 0.193. The second-order valence-corrected chi connectivity index (χ2v) is 27.4. The molecule has 10 heteroatoms. The number of aliphatic hydroxyl groups excluding tert-OH is 1. The first-order chi connectivity index (χ1) is 22.3. The third-order valence-electron chi connectivity index (χ3n) is 9.51. The van der Waals surface area contributed by atoms with Crippen LogP contribution in [0, 0.1) is 23.7 Å². The summed E-state index contributed by atoms with van der Waals surface area (Å²) in [5, 5.41) is 14.1. The maximum absolute atomic E-state index is 9.11. The van der Waals surface area contributed by atoms with Gasteiger partial charge in [-0.15, -0.1) is 0 Å². The van der Waals surface area contributed by atoms with Gasteiger partial charge in [-0.05, 0) is 73.7 Å². The predicted octanol–water partition coefficient (Wildman–Crippen LogP) is 7.89. The Kier molecular flexibility index (Phi) is 11.5. The first kappa shape index (κ1) is 35.5. The van der Waals surface area contributed by atoms with Crippen LogP contribution in [0.25, 0.3) is 22.3 Å². The van der Waals surface area contributed by atoms with Crippen LogP contribution < -0.4 is 4.90 Å². The summed E-state index contributed by atoms with van der Waals surface area (Å²) in [6.07, 6.45) is 10.1. The van der Waals surface area contributed by atoms with E-state index in [1.54, 1.807) is 0 Å². The fourth-order valence-electron chi connectivity index (χ4n) is 6.95. The van der Waals surface area contributed by atoms with E-state index < -0.39 is 16.1 Å². The number of aliphatic hydroxyl groups is 1. The molecule has 2 aliphatic carbocycles. The van der Waals surface area contributed by atoms with Crippen LogP contribution >= 0.6 is 0 Å². The van der Waals surface area contributed by atoms with E-state index in [2.05, 4.69) is 74.5 Å². The third kappa shape index (κ3) is 9.21. The average Bonchev–Trinajstić information content (AvgIpc) is 3.59. The number of allylic oxidation sites excluding steroid dienone is 1. The predicted molar refractivity (Wildman–Crippen MR) is 198 cm³/mol. The molecule has 0 amide bonds. The minimum atomic E-state index is -1.26. The number of ether oxygens (including phenoxy) is 2. The average molecular weight is 674 g/mol. The van der Waals surface area contributed by atoms with Crippen molar-refractivity contribution in [3.63, 3.8) is 0 Å². The van der Waals surface area contributed by atoms with Crippen LogP contribution in [-0.2, 0) is 9.47 Å². The van der Waals surface area contributed by atoms with Crippen LogP contribution in [0.1, 0.15) is 61.9 Å². The van der Waals surface area contributed by atoms with Gasteiger partial charge in [-0.1, -0.05) is 64.6 Å². The smallest absolute Gasteiger partial charge is 0.165 e. The molecule has 3 aromatic heterocycles. The Bertz CT molecular complexity index is 1560. The van der Waals surface area contributed by atoms with Gasteiger partial charge in [0.1, 0.15) is 31.6 Å². The molecule has 0 spiro atoms. The Labute approximate surface area is 284 Å². The molecule has 1 N–H and O–H groups in total. The first-order valence-electron chi connectivity index (χ1n) is 17.4. The molecule has 3 heterocycles. The van der Waals surface area contributed by atoms with Gasteiger partial charge in [0, 0.05) is 58.2 Å². The molecule has 2 saturated carbocycles. The lowest BCUT2D eigenvalue weighted by Crippen LogP contribution is -2.34. The van der Waals surface area contributed by atoms with Crippen molar-refractivity contribution in [2.75, 3.05) is 38.2 Å². The van der Waals surface area contributed by atoms with Crippen LogP contribution in [0.4, 0.5) is 5.82 Å². The molecular weight excluding hydrogens is 619 g/mol. The maximum Gasteiger partial charge on any atom is 0.165 e. The number of nitrogens with zero attached hydrogens (tertiary/aromatic N) is 5. The van der Waals surface area contributed by atoms with E-state index in [1.165, 1.54) is 32.1 Å². The molecule has 0 radical (unpaired) electrons. The molecule has 254 valence electrons. The van der Waals surface area contributed by atoms with Gasteiger partial charge in [-0.2, -0.15) is 9.61 Å². The summed E-state index contributed by atoms with van der Waals surface area (Å²) in [7, 11) is -2.51. The fraction of sp³-hybridized carbons (Fsp3) is 0.595. The Hall–Kier alpha value is -2.82. The number of hydrogen-bond donors (Lipinski definition) is 1. The molecular formula is C37H55N5O3Si2. The molecule has 8 nitrogen and oxygen atoms in total. The van der Waals surface area contributed by atoms with E-state index >= 15 is 0 Å². The zero-order valence-corrected chi connectivity index (χ0v) is 31.7. The van der Waals surface area contributed by atoms with Crippen LogP contribution in [0.2, 0.25) is 51.4 Å². The Balaban J connectivity index is 1.62. The van der Waals surface area contributed by atoms with Crippen molar-refractivity contribution in [2.45, 2.75) is 96.3 Å². The van der Waals surface area contributed by atoms with E-state index in [0.717, 1.165) is 76.6 Å². The van der Waals surface area contributed by atoms with E-state index in [0.29, 0.717) is 25.1 Å². The lowest BCUT2D eigenvalue weighted by atomic mass is 9.77. The monoisotopic (exact) mass is 673 g/mol. The fourth-order valence-corrected chi connectivity index (χ4v) is 8.46. The summed E-state index contributed by atoms with van der Waals surface area (Å²) in [6, 6.07) is 6.10. The summed E-state index contributed by atoms with van der Waals surface area (Å²) in [5.41, 5.74) is 6.47. The number of hydrogen-bond acceptors (Lipinski definition) is 7. The first-order valence-corrected chi connectivity index (χ1v) is 24.8. The van der Waals surface area contributed by atoms with Crippen LogP contribution in [0.3, 0.4) is 0 Å². The molecule has 2 bridgehead atoms. The molecule has 0 saturated heterocycles. The number of pyridine rings is 1. The van der Waals surface area contributed by atoms with E-state index in [4.69, 9.17) is 24.7 Å². The van der Waals surface area contributed by atoms with Crippen LogP contribution in [0.5, 0.6) is 0 Å². The van der Waals surface area contributed by atoms with Gasteiger partial charge < -0.3 is 19.5 Å². The lowest BCUT2D eigenvalue weighted by Gasteiger charge is -2.33. The molecule has 3 atom stereocenters. The molecule has 2 fully saturated rings. The van der Waals surface area contributed by atoms with Crippen molar-refractivity contribution < 1.29 is 14.6 Å². The number of aromatic nitrogens is 4. The minimum Gasteiger partial charge on any atom is -0.384 e. The highest BCUT2D eigenvalue weighted by Crippen LogP contribution is 2.50. The molecule has 0 aliphatic heterocycles. The third-order valence-corrected chi connectivity index (χ3v) is 12.9. The van der Waals surface area contributed by atoms with Gasteiger partial charge in [0.05, 0.1) is 11.9 Å². The van der Waals surface area contributed by atoms with E-state index in [9.17, 15) is 0 Å². The quantitative estimate of drug-likeness (QED) is 0.0806. The van der Waals surface area contributed by atoms with Gasteiger partial charge in [0.2, 0.25) is 0 Å². The Morgan fingerprint density at radius 1 is 0.979 bits per heavy atom. The molecule has 3 aromatic rings. The Morgan fingerprint density at radius 3 is 2.15 bits per heavy atom. The van der Waals surface area contributed by atoms with Gasteiger partial charge >= 0.3 is 0 Å². The number of fused-ring (bicyclic) bond motifs is 3. The van der Waals surface area contributed by atoms with Crippen molar-refractivity contribution >= 4 is 33.2 Å². The molecule has 5 rings (SSSR count). The highest BCUT2D eigenvalue weighted by Gasteiger charge is 2.38. The summed E-state index contributed by atoms with van der Waals surface area (Å²) in [5.74, 6) is 8.43. The van der Waals surface area contributed by atoms with Crippen molar-refractivity contribution in [3.05, 3.63) is 48.1 Å². The van der Waals surface area contributed by atoms with Crippen molar-refractivity contribution in [3.8, 4) is 23.0 Å². The Morgan fingerprint density at radius 2 is 1.62 bits per heavy atom. The summed E-state index contributed by atoms with van der Waals surface area (Å²) >= 11 is 0. The molecule has 47 heavy (non-hydrogen) atoms. The van der Waals surface area contributed by atoms with Gasteiger partial charge in [-0.3, -0.25) is 0 Å². The van der Waals surface area contributed by atoms with Crippen LogP contribution in [-0.4, -0.2) is 74.1 Å². The molecule has 0 unspecified atom stereocenters. The zero-order chi connectivity index (χ0) is 33.8. The van der Waals surface area contributed by atoms with Gasteiger partial charge in [-0.25, -0.2) is 9.97 Å². The topological polar surface area (TPSA) is 85.0 Å². The van der Waals surface area contributed by atoms with E-state index in [-0.39, 0.29) is 6.61 Å². The maximum atomic E-state index is 9.11. The number of anilines is 1. The van der Waals surface area contributed by atoms with Crippen molar-refractivity contribution in [1.82, 2.24) is 19.6 Å². The van der Waals surface area contributed by atoms with Crippen LogP contribution in [0.15, 0.2) is 31.1 Å². The zero-order valence-electron chi connectivity index (χ0n) is 29.7. The molecule has 2 aliphatic rings. The highest BCUT2D eigenvalue weighted by atomic mass is 28.3. The van der Waals surface area contributed by atoms with Crippen molar-refractivity contribution in [2.24, 2.45) is 11.8 Å². The summed E-state index contributed by atoms with van der Waals surface area (Å²) in [4.78, 5) is 12.3. The van der Waals surface area contributed by atoms with Gasteiger partial charge in [0.25, 0.3) is 0 Å². The van der Waals surface area contributed by atoms with E-state index in [1.807, 2.05) is 29.0 Å². The second kappa shape index (κ2) is 15.2. The standard InChI is InChI=1S/C37H55N5O3Si2/c1-27(2)34-35(31-21-28-11-12-29(20-28)22-31)40-36-33(30-13-14-32(38-23-30)10-9-15-43)24-39-42(36)37(34)41(25-44-16-18-46(3,4)5)26-45-17-19-47(6,7)8/h13-14,23-24,28-29,31,43H,1,11-12,15-22,25-26H2,2-8H3/t28-,29+,31+. The van der Waals surface area contributed by atoms with Gasteiger partial charge in [0.15, 0.2) is 5.65 Å². The van der Waals surface area contributed by atoms with Crippen molar-refractivity contribution in [1.29, 1.82) is 0 Å².